The lowest BCUT2D eigenvalue weighted by Crippen LogP contribution is -2.08. The number of rotatable bonds is 10. The fourth-order valence-corrected chi connectivity index (χ4v) is 4.18. The van der Waals surface area contributed by atoms with Crippen LogP contribution in [0.25, 0.3) is 11.3 Å². The summed E-state index contributed by atoms with van der Waals surface area (Å²) < 4.78 is 28.0. The number of hydrogen-bond acceptors (Lipinski definition) is 6. The van der Waals surface area contributed by atoms with Crippen LogP contribution < -0.4 is 0 Å². The van der Waals surface area contributed by atoms with E-state index < -0.39 is 22.1 Å². The van der Waals surface area contributed by atoms with Crippen LogP contribution >= 0.6 is 11.3 Å². The van der Waals surface area contributed by atoms with Crippen molar-refractivity contribution in [3.8, 4) is 11.3 Å². The highest BCUT2D eigenvalue weighted by Gasteiger charge is 2.18. The van der Waals surface area contributed by atoms with Gasteiger partial charge in [0.15, 0.2) is 0 Å². The summed E-state index contributed by atoms with van der Waals surface area (Å²) in [4.78, 5) is 27.9. The highest BCUT2D eigenvalue weighted by molar-refractivity contribution is 7.85. The van der Waals surface area contributed by atoms with Gasteiger partial charge in [0.1, 0.15) is 5.82 Å². The summed E-state index contributed by atoms with van der Waals surface area (Å²) >= 11 is 1.51. The van der Waals surface area contributed by atoms with E-state index in [0.29, 0.717) is 12.8 Å². The topological polar surface area (TPSA) is 147 Å². The molecule has 3 aromatic rings. The molecule has 2 heterocycles. The molecule has 2 aromatic heterocycles. The minimum Gasteiger partial charge on any atom is -0.478 e. The molecule has 0 bridgehead atoms. The van der Waals surface area contributed by atoms with E-state index in [1.54, 1.807) is 12.1 Å². The first kappa shape index (κ1) is 28.0. The molecular weight excluding hydrogens is 492 g/mol. The molecule has 0 aliphatic carbocycles. The van der Waals surface area contributed by atoms with E-state index in [0.717, 1.165) is 46.8 Å². The number of hydrogen-bond donors (Lipinski definition) is 3. The van der Waals surface area contributed by atoms with Crippen molar-refractivity contribution in [2.75, 3.05) is 6.26 Å². The first-order chi connectivity index (χ1) is 16.4. The molecule has 0 saturated heterocycles. The van der Waals surface area contributed by atoms with Gasteiger partial charge in [0, 0.05) is 35.4 Å². The molecule has 1 aromatic carbocycles. The maximum Gasteiger partial charge on any atom is 0.335 e. The zero-order valence-corrected chi connectivity index (χ0v) is 21.1. The second-order valence-corrected chi connectivity index (χ2v) is 10.3. The lowest BCUT2D eigenvalue weighted by molar-refractivity contribution is -0.132. The molecule has 188 valence electrons. The van der Waals surface area contributed by atoms with Crippen LogP contribution in [0.1, 0.15) is 46.4 Å². The summed E-state index contributed by atoms with van der Waals surface area (Å²) in [7, 11) is -3.67. The van der Waals surface area contributed by atoms with Crippen molar-refractivity contribution in [1.29, 1.82) is 0 Å². The SMILES string of the molecule is C=C(Cc1sccc1-c1cnc(CCCC)n1Cc1ccc(C(=O)O)cc1)C(=O)O.CS(=O)(=O)O. The number of unbranched alkanes of at least 4 members (excludes halogenated alkanes) is 1. The summed E-state index contributed by atoms with van der Waals surface area (Å²) in [5.74, 6) is -0.983. The number of benzene rings is 1. The molecule has 9 nitrogen and oxygen atoms in total. The predicted molar refractivity (Wildman–Crippen MR) is 135 cm³/mol. The van der Waals surface area contributed by atoms with Crippen LogP contribution in [0.4, 0.5) is 0 Å². The molecule has 0 unspecified atom stereocenters. The van der Waals surface area contributed by atoms with Gasteiger partial charge in [0.25, 0.3) is 10.1 Å². The highest BCUT2D eigenvalue weighted by atomic mass is 32.2. The molecule has 35 heavy (non-hydrogen) atoms. The predicted octanol–water partition coefficient (Wildman–Crippen LogP) is 4.39. The van der Waals surface area contributed by atoms with Gasteiger partial charge in [0.2, 0.25) is 0 Å². The van der Waals surface area contributed by atoms with Crippen molar-refractivity contribution in [3.05, 3.63) is 75.9 Å². The van der Waals surface area contributed by atoms with E-state index in [2.05, 4.69) is 23.1 Å². The third kappa shape index (κ3) is 8.78. The van der Waals surface area contributed by atoms with Crippen LogP contribution in [-0.2, 0) is 34.3 Å². The number of aryl methyl sites for hydroxylation is 1. The number of nitrogens with zero attached hydrogens (tertiary/aromatic N) is 2. The minimum absolute atomic E-state index is 0.153. The van der Waals surface area contributed by atoms with Gasteiger partial charge < -0.3 is 14.8 Å². The Kier molecular flexibility index (Phi) is 9.93. The molecule has 0 aliphatic rings. The van der Waals surface area contributed by atoms with Crippen LogP contribution in [0.3, 0.4) is 0 Å². The van der Waals surface area contributed by atoms with E-state index in [1.807, 2.05) is 29.8 Å². The summed E-state index contributed by atoms with van der Waals surface area (Å²) in [6, 6.07) is 8.83. The van der Waals surface area contributed by atoms with Crippen molar-refractivity contribution < 1.29 is 32.8 Å². The fourth-order valence-electron chi connectivity index (χ4n) is 3.25. The van der Waals surface area contributed by atoms with Gasteiger partial charge in [-0.2, -0.15) is 8.42 Å². The van der Waals surface area contributed by atoms with Crippen molar-refractivity contribution >= 4 is 33.4 Å². The van der Waals surface area contributed by atoms with Gasteiger partial charge in [-0.1, -0.05) is 32.1 Å². The Morgan fingerprint density at radius 2 is 1.77 bits per heavy atom. The van der Waals surface area contributed by atoms with Crippen LogP contribution in [0.5, 0.6) is 0 Å². The molecule has 0 saturated carbocycles. The van der Waals surface area contributed by atoms with E-state index in [-0.39, 0.29) is 17.6 Å². The zero-order chi connectivity index (χ0) is 26.2. The molecule has 0 fully saturated rings. The van der Waals surface area contributed by atoms with Crippen LogP contribution in [-0.4, -0.2) is 50.9 Å². The number of aromatic carboxylic acids is 1. The van der Waals surface area contributed by atoms with Gasteiger partial charge in [-0.25, -0.2) is 14.6 Å². The maximum atomic E-state index is 11.2. The number of imidazole rings is 1. The first-order valence-electron chi connectivity index (χ1n) is 10.7. The summed E-state index contributed by atoms with van der Waals surface area (Å²) in [6.45, 7) is 6.35. The first-order valence-corrected chi connectivity index (χ1v) is 13.4. The molecule has 3 rings (SSSR count). The lowest BCUT2D eigenvalue weighted by atomic mass is 10.1. The smallest absolute Gasteiger partial charge is 0.335 e. The molecule has 0 aliphatic heterocycles. The number of aliphatic carboxylic acids is 1. The maximum absolute atomic E-state index is 11.2. The van der Waals surface area contributed by atoms with E-state index in [9.17, 15) is 23.1 Å². The number of carboxylic acids is 2. The Morgan fingerprint density at radius 1 is 1.14 bits per heavy atom. The van der Waals surface area contributed by atoms with E-state index >= 15 is 0 Å². The second kappa shape index (κ2) is 12.4. The standard InChI is InChI=1S/C23H24N2O4S.CH4O3S/c1-3-4-5-21-24-13-19(18-10-11-30-20(18)12-15(2)22(26)27)25(21)14-16-6-8-17(9-7-16)23(28)29;1-5(2,3)4/h6-11,13H,2-5,12,14H2,1H3,(H,26,27)(H,28,29);1H3,(H,2,3,4). The largest absolute Gasteiger partial charge is 0.478 e. The molecule has 0 radical (unpaired) electrons. The third-order valence-corrected chi connectivity index (χ3v) is 5.85. The van der Waals surface area contributed by atoms with Crippen molar-refractivity contribution in [2.24, 2.45) is 0 Å². The molecule has 0 amide bonds. The summed E-state index contributed by atoms with van der Waals surface area (Å²) in [6.07, 6.45) is 5.74. The van der Waals surface area contributed by atoms with Crippen LogP contribution in [0.2, 0.25) is 0 Å². The van der Waals surface area contributed by atoms with E-state index in [4.69, 9.17) is 9.66 Å². The van der Waals surface area contributed by atoms with Crippen LogP contribution in [0.15, 0.2) is 54.1 Å². The quantitative estimate of drug-likeness (QED) is 0.263. The Balaban J connectivity index is 0.000000784. The van der Waals surface area contributed by atoms with Gasteiger partial charge in [0.05, 0.1) is 23.7 Å². The average Bonchev–Trinajstić information content (AvgIpc) is 3.37. The molecule has 11 heteroatoms. The number of thiophene rings is 1. The van der Waals surface area contributed by atoms with Gasteiger partial charge in [-0.05, 0) is 35.6 Å². The zero-order valence-electron chi connectivity index (χ0n) is 19.5. The summed E-state index contributed by atoms with van der Waals surface area (Å²) in [5, 5.41) is 20.3. The Hall–Kier alpha value is -3.28. The minimum atomic E-state index is -3.67. The second-order valence-electron chi connectivity index (χ2n) is 7.83. The number of carboxylic acid groups (broad SMARTS) is 2. The normalized spacial score (nSPS) is 10.9. The average molecular weight is 521 g/mol. The van der Waals surface area contributed by atoms with Crippen molar-refractivity contribution in [3.63, 3.8) is 0 Å². The van der Waals surface area contributed by atoms with Crippen LogP contribution in [0, 0.1) is 0 Å². The number of carbonyl (C=O) groups is 2. The van der Waals surface area contributed by atoms with Crippen molar-refractivity contribution in [2.45, 2.75) is 39.2 Å². The molecular formula is C24H28N2O7S2. The van der Waals surface area contributed by atoms with Gasteiger partial charge >= 0.3 is 11.9 Å². The van der Waals surface area contributed by atoms with Gasteiger partial charge in [-0.3, -0.25) is 4.55 Å². The van der Waals surface area contributed by atoms with E-state index in [1.165, 1.54) is 11.3 Å². The molecule has 3 N–H and O–H groups in total. The molecule has 0 atom stereocenters. The summed E-state index contributed by atoms with van der Waals surface area (Å²) in [5.41, 5.74) is 3.27. The molecule has 0 spiro atoms. The fraction of sp³-hybridized carbons (Fsp3) is 0.292. The lowest BCUT2D eigenvalue weighted by Gasteiger charge is -2.13. The number of aromatic nitrogens is 2. The highest BCUT2D eigenvalue weighted by Crippen LogP contribution is 2.31. The Labute approximate surface area is 208 Å². The monoisotopic (exact) mass is 520 g/mol. The van der Waals surface area contributed by atoms with Gasteiger partial charge in [-0.15, -0.1) is 11.3 Å². The Morgan fingerprint density at radius 3 is 2.31 bits per heavy atom. The third-order valence-electron chi connectivity index (χ3n) is 4.93. The Bertz CT molecular complexity index is 1280. The van der Waals surface area contributed by atoms with Crippen molar-refractivity contribution in [1.82, 2.24) is 9.55 Å².